The third-order valence-corrected chi connectivity index (χ3v) is 1.07. The van der Waals surface area contributed by atoms with E-state index in [1.165, 1.54) is 0 Å². The van der Waals surface area contributed by atoms with Crippen LogP contribution in [0.25, 0.3) is 0 Å². The molecule has 1 radical (unpaired) electrons. The van der Waals surface area contributed by atoms with Gasteiger partial charge in [0.25, 0.3) is 0 Å². The Labute approximate surface area is 61.0 Å². The number of carbonyl (C=O) groups excluding carboxylic acids is 1. The summed E-state index contributed by atoms with van der Waals surface area (Å²) < 4.78 is 5.00. The van der Waals surface area contributed by atoms with Crippen molar-refractivity contribution >= 4 is 5.97 Å². The molecule has 0 bridgehead atoms. The number of ether oxygens (including phenoxy) is 1. The van der Waals surface area contributed by atoms with E-state index in [1.807, 2.05) is 0 Å². The highest BCUT2D eigenvalue weighted by Crippen LogP contribution is 2.01. The second kappa shape index (κ2) is 4.28. The average molecular weight is 145 g/mol. The summed E-state index contributed by atoms with van der Waals surface area (Å²) >= 11 is 0. The Morgan fingerprint density at radius 1 is 1.50 bits per heavy atom. The third-order valence-electron chi connectivity index (χ3n) is 1.07. The van der Waals surface area contributed by atoms with Crippen LogP contribution >= 0.6 is 0 Å². The molecular formula is C7H13O3. The predicted octanol–water partition coefficient (Wildman–Crippen LogP) is 1.15. The van der Waals surface area contributed by atoms with E-state index in [2.05, 4.69) is 0 Å². The van der Waals surface area contributed by atoms with Crippen molar-refractivity contribution in [1.29, 1.82) is 0 Å². The Bertz CT molecular complexity index is 109. The monoisotopic (exact) mass is 145 g/mol. The topological polar surface area (TPSA) is 46.2 Å². The zero-order chi connectivity index (χ0) is 8.15. The van der Waals surface area contributed by atoms with Crippen LogP contribution in [-0.2, 0) is 14.6 Å². The minimum atomic E-state index is -1.13. The van der Waals surface area contributed by atoms with E-state index in [1.54, 1.807) is 20.8 Å². The molecule has 0 heterocycles. The standard InChI is InChI=1S/C7H13O3/c1-4-6(7(8)9)10-5(2)3/h5-6H,4H2,1-3H3. The zero-order valence-electron chi connectivity index (χ0n) is 6.59. The summed E-state index contributed by atoms with van der Waals surface area (Å²) in [7, 11) is 0. The minimum absolute atomic E-state index is 0.0529. The van der Waals surface area contributed by atoms with Crippen molar-refractivity contribution in [2.24, 2.45) is 0 Å². The van der Waals surface area contributed by atoms with Gasteiger partial charge in [0, 0.05) is 0 Å². The van der Waals surface area contributed by atoms with Crippen molar-refractivity contribution in [2.45, 2.75) is 39.4 Å². The van der Waals surface area contributed by atoms with Gasteiger partial charge in [-0.05, 0) is 20.3 Å². The second-order valence-electron chi connectivity index (χ2n) is 2.40. The van der Waals surface area contributed by atoms with E-state index in [0.717, 1.165) is 0 Å². The van der Waals surface area contributed by atoms with Gasteiger partial charge in [0.15, 0.2) is 6.10 Å². The van der Waals surface area contributed by atoms with Crippen LogP contribution in [0.2, 0.25) is 0 Å². The van der Waals surface area contributed by atoms with E-state index < -0.39 is 12.1 Å². The van der Waals surface area contributed by atoms with Crippen LogP contribution in [0.1, 0.15) is 27.2 Å². The highest BCUT2D eigenvalue weighted by molar-refractivity contribution is 5.71. The summed E-state index contributed by atoms with van der Waals surface area (Å²) in [6, 6.07) is 0. The molecule has 1 unspecified atom stereocenters. The maximum atomic E-state index is 10.2. The van der Waals surface area contributed by atoms with Crippen LogP contribution < -0.4 is 0 Å². The number of hydrogen-bond donors (Lipinski definition) is 0. The maximum absolute atomic E-state index is 10.2. The first-order valence-corrected chi connectivity index (χ1v) is 3.44. The molecule has 1 atom stereocenters. The molecule has 0 rings (SSSR count). The van der Waals surface area contributed by atoms with Crippen LogP contribution in [0.3, 0.4) is 0 Å². The first-order valence-electron chi connectivity index (χ1n) is 3.44. The lowest BCUT2D eigenvalue weighted by Gasteiger charge is -2.12. The van der Waals surface area contributed by atoms with Gasteiger partial charge < -0.3 is 4.74 Å². The normalized spacial score (nSPS) is 13.6. The first-order chi connectivity index (χ1) is 4.57. The molecule has 0 aromatic rings. The van der Waals surface area contributed by atoms with Crippen LogP contribution in [0.5, 0.6) is 0 Å². The van der Waals surface area contributed by atoms with Crippen molar-refractivity contribution in [3.8, 4) is 0 Å². The SMILES string of the molecule is CCC(OC(C)C)C([O])=O. The molecule has 3 nitrogen and oxygen atoms in total. The summed E-state index contributed by atoms with van der Waals surface area (Å²) in [6.07, 6.45) is -0.344. The molecule has 0 fully saturated rings. The van der Waals surface area contributed by atoms with Gasteiger partial charge in [-0.1, -0.05) is 6.92 Å². The smallest absolute Gasteiger partial charge is 0.364 e. The second-order valence-corrected chi connectivity index (χ2v) is 2.40. The summed E-state index contributed by atoms with van der Waals surface area (Å²) in [6.45, 7) is 5.35. The van der Waals surface area contributed by atoms with Gasteiger partial charge in [0.05, 0.1) is 6.10 Å². The van der Waals surface area contributed by atoms with Gasteiger partial charge in [-0.25, -0.2) is 9.90 Å². The fourth-order valence-corrected chi connectivity index (χ4v) is 0.647. The minimum Gasteiger partial charge on any atom is -0.364 e. The Morgan fingerprint density at radius 3 is 2.10 bits per heavy atom. The largest absolute Gasteiger partial charge is 0.383 e. The van der Waals surface area contributed by atoms with E-state index in [0.29, 0.717) is 6.42 Å². The summed E-state index contributed by atoms with van der Waals surface area (Å²) in [5, 5.41) is 10.2. The van der Waals surface area contributed by atoms with E-state index in [4.69, 9.17) is 4.74 Å². The molecule has 3 heteroatoms. The molecule has 59 valence electrons. The van der Waals surface area contributed by atoms with Crippen LogP contribution in [0.15, 0.2) is 0 Å². The Balaban J connectivity index is 3.72. The van der Waals surface area contributed by atoms with Gasteiger partial charge >= 0.3 is 5.97 Å². The molecule has 10 heavy (non-hydrogen) atoms. The Kier molecular flexibility index (Phi) is 4.03. The summed E-state index contributed by atoms with van der Waals surface area (Å²) in [5.74, 6) is -1.13. The van der Waals surface area contributed by atoms with Crippen molar-refractivity contribution in [2.75, 3.05) is 0 Å². The van der Waals surface area contributed by atoms with Crippen LogP contribution in [0, 0.1) is 0 Å². The molecule has 0 aliphatic rings. The van der Waals surface area contributed by atoms with E-state index in [-0.39, 0.29) is 6.10 Å². The quantitative estimate of drug-likeness (QED) is 0.595. The maximum Gasteiger partial charge on any atom is 0.383 e. The van der Waals surface area contributed by atoms with Crippen LogP contribution in [0.4, 0.5) is 0 Å². The van der Waals surface area contributed by atoms with Crippen molar-refractivity contribution in [1.82, 2.24) is 0 Å². The molecule has 0 aromatic carbocycles. The van der Waals surface area contributed by atoms with Gasteiger partial charge in [-0.2, -0.15) is 0 Å². The number of hydrogen-bond acceptors (Lipinski definition) is 2. The van der Waals surface area contributed by atoms with Crippen molar-refractivity contribution < 1.29 is 14.6 Å². The number of carbonyl (C=O) groups is 1. The summed E-state index contributed by atoms with van der Waals surface area (Å²) in [5.41, 5.74) is 0. The lowest BCUT2D eigenvalue weighted by molar-refractivity contribution is -0.159. The molecule has 0 N–H and O–H groups in total. The molecule has 0 amide bonds. The summed E-state index contributed by atoms with van der Waals surface area (Å²) in [4.78, 5) is 10.2. The highest BCUT2D eigenvalue weighted by atomic mass is 16.5. The lowest BCUT2D eigenvalue weighted by Crippen LogP contribution is -2.25. The average Bonchev–Trinajstić information content (AvgIpc) is 1.81. The highest BCUT2D eigenvalue weighted by Gasteiger charge is 2.18. The third kappa shape index (κ3) is 3.45. The Hall–Kier alpha value is -0.570. The van der Waals surface area contributed by atoms with E-state index >= 15 is 0 Å². The molecular weight excluding hydrogens is 132 g/mol. The van der Waals surface area contributed by atoms with Gasteiger partial charge in [0.1, 0.15) is 0 Å². The van der Waals surface area contributed by atoms with Gasteiger partial charge in [-0.15, -0.1) is 0 Å². The first kappa shape index (κ1) is 9.43. The van der Waals surface area contributed by atoms with E-state index in [9.17, 15) is 9.90 Å². The van der Waals surface area contributed by atoms with Crippen LogP contribution in [-0.4, -0.2) is 18.2 Å². The fourth-order valence-electron chi connectivity index (χ4n) is 0.647. The molecule has 0 saturated heterocycles. The molecule has 0 saturated carbocycles. The molecule has 0 aromatic heterocycles. The van der Waals surface area contributed by atoms with Crippen molar-refractivity contribution in [3.05, 3.63) is 0 Å². The molecule has 0 aliphatic carbocycles. The zero-order valence-corrected chi connectivity index (χ0v) is 6.59. The Morgan fingerprint density at radius 2 is 2.00 bits per heavy atom. The van der Waals surface area contributed by atoms with Crippen molar-refractivity contribution in [3.63, 3.8) is 0 Å². The predicted molar refractivity (Wildman–Crippen MR) is 36.0 cm³/mol. The van der Waals surface area contributed by atoms with Gasteiger partial charge in [0.2, 0.25) is 0 Å². The molecule has 0 aliphatic heterocycles. The van der Waals surface area contributed by atoms with Gasteiger partial charge in [-0.3, -0.25) is 0 Å². The number of rotatable bonds is 4. The fraction of sp³-hybridized carbons (Fsp3) is 0.857. The molecule has 0 spiro atoms. The lowest BCUT2D eigenvalue weighted by atomic mass is 10.3.